The monoisotopic (exact) mass is 402 g/mol. The van der Waals surface area contributed by atoms with Crippen molar-refractivity contribution in [2.45, 2.75) is 19.4 Å². The summed E-state index contributed by atoms with van der Waals surface area (Å²) in [7, 11) is 5.18. The summed E-state index contributed by atoms with van der Waals surface area (Å²) in [5.74, 6) is -2.33. The van der Waals surface area contributed by atoms with E-state index in [1.807, 2.05) is 14.1 Å². The van der Waals surface area contributed by atoms with Gasteiger partial charge in [-0.2, -0.15) is 0 Å². The first-order chi connectivity index (χ1) is 13.8. The maximum Gasteiger partial charge on any atom is 0.340 e. The van der Waals surface area contributed by atoms with E-state index in [2.05, 4.69) is 0 Å². The molecule has 29 heavy (non-hydrogen) atoms. The number of quaternary nitrogens is 1. The number of carbonyl (C=O) groups excluding carboxylic acids is 1. The number of nitrogens with zero attached hydrogens (tertiary/aromatic N) is 1. The first-order valence-corrected chi connectivity index (χ1v) is 9.29. The lowest BCUT2D eigenvalue weighted by atomic mass is 9.83. The van der Waals surface area contributed by atoms with Gasteiger partial charge in [-0.25, -0.2) is 9.18 Å². The summed E-state index contributed by atoms with van der Waals surface area (Å²) in [5, 5.41) is 0. The lowest BCUT2D eigenvalue weighted by Gasteiger charge is -2.29. The molecule has 1 aliphatic rings. The SMILES string of the molecule is COC(=O)C1=C(N)Oc2cc(C)n(CC[NH+](C)C)c(=O)c2[C@@H]1c1ccccc1F. The number of likely N-dealkylation sites (N-methyl/N-ethyl adjacent to an activating group) is 1. The van der Waals surface area contributed by atoms with Crippen LogP contribution in [0.25, 0.3) is 0 Å². The van der Waals surface area contributed by atoms with Gasteiger partial charge in [0, 0.05) is 17.3 Å². The molecule has 0 saturated carbocycles. The van der Waals surface area contributed by atoms with Crippen LogP contribution in [0.4, 0.5) is 4.39 Å². The Morgan fingerprint density at radius 3 is 2.66 bits per heavy atom. The molecule has 0 unspecified atom stereocenters. The summed E-state index contributed by atoms with van der Waals surface area (Å²) in [6.07, 6.45) is 0. The minimum atomic E-state index is -1.03. The van der Waals surface area contributed by atoms with E-state index in [0.717, 1.165) is 0 Å². The third-order valence-electron chi connectivity index (χ3n) is 5.03. The fourth-order valence-corrected chi connectivity index (χ4v) is 3.53. The lowest BCUT2D eigenvalue weighted by molar-refractivity contribution is -0.858. The number of carbonyl (C=O) groups is 1. The Balaban J connectivity index is 2.29. The largest absolute Gasteiger partial charge is 0.465 e. The number of fused-ring (bicyclic) bond motifs is 1. The van der Waals surface area contributed by atoms with Crippen molar-refractivity contribution in [1.82, 2.24) is 4.57 Å². The van der Waals surface area contributed by atoms with Crippen LogP contribution in [0.2, 0.25) is 0 Å². The van der Waals surface area contributed by atoms with Crippen molar-refractivity contribution in [3.8, 4) is 5.75 Å². The third kappa shape index (κ3) is 3.75. The summed E-state index contributed by atoms with van der Waals surface area (Å²) in [4.78, 5) is 27.1. The van der Waals surface area contributed by atoms with Crippen LogP contribution in [0.15, 0.2) is 46.6 Å². The standard InChI is InChI=1S/C21H24FN3O4/c1-12-11-15-17(20(26)25(12)10-9-24(2)3)16(13-7-5-6-8-14(13)22)18(19(23)29-15)21(27)28-4/h5-8,11,16H,9-10,23H2,1-4H3/p+1/t16-/m0/s1. The van der Waals surface area contributed by atoms with E-state index >= 15 is 0 Å². The van der Waals surface area contributed by atoms with Crippen LogP contribution in [0.3, 0.4) is 0 Å². The number of nitrogens with two attached hydrogens (primary N) is 1. The Morgan fingerprint density at radius 2 is 2.03 bits per heavy atom. The maximum absolute atomic E-state index is 14.7. The van der Waals surface area contributed by atoms with Crippen molar-refractivity contribution >= 4 is 5.97 Å². The van der Waals surface area contributed by atoms with Crippen LogP contribution in [0.1, 0.15) is 22.7 Å². The first kappa shape index (κ1) is 20.6. The van der Waals surface area contributed by atoms with Gasteiger partial charge in [-0.05, 0) is 13.0 Å². The summed E-state index contributed by atoms with van der Waals surface area (Å²) < 4.78 is 26.8. The number of rotatable bonds is 5. The summed E-state index contributed by atoms with van der Waals surface area (Å²) in [6.45, 7) is 2.98. The Hall–Kier alpha value is -3.13. The zero-order chi connectivity index (χ0) is 21.3. The van der Waals surface area contributed by atoms with Crippen LogP contribution in [0, 0.1) is 12.7 Å². The number of hydrogen-bond acceptors (Lipinski definition) is 5. The average Bonchev–Trinajstić information content (AvgIpc) is 2.66. The van der Waals surface area contributed by atoms with Crippen LogP contribution >= 0.6 is 0 Å². The van der Waals surface area contributed by atoms with Crippen molar-refractivity contribution in [2.75, 3.05) is 27.7 Å². The maximum atomic E-state index is 14.7. The van der Waals surface area contributed by atoms with Crippen LogP contribution in [0.5, 0.6) is 5.75 Å². The van der Waals surface area contributed by atoms with Gasteiger partial charge in [0.2, 0.25) is 5.88 Å². The predicted octanol–water partition coefficient (Wildman–Crippen LogP) is 0.308. The third-order valence-corrected chi connectivity index (χ3v) is 5.03. The second kappa shape index (κ2) is 8.08. The highest BCUT2D eigenvalue weighted by molar-refractivity contribution is 5.92. The van der Waals surface area contributed by atoms with E-state index < -0.39 is 17.7 Å². The molecule has 0 radical (unpaired) electrons. The van der Waals surface area contributed by atoms with Gasteiger partial charge >= 0.3 is 5.97 Å². The number of aromatic nitrogens is 1. The van der Waals surface area contributed by atoms with Crippen molar-refractivity contribution in [2.24, 2.45) is 5.73 Å². The molecule has 1 aliphatic heterocycles. The van der Waals surface area contributed by atoms with Crippen molar-refractivity contribution < 1.29 is 23.6 Å². The minimum absolute atomic E-state index is 0.0872. The van der Waals surface area contributed by atoms with Gasteiger partial charge in [-0.1, -0.05) is 18.2 Å². The van der Waals surface area contributed by atoms with Gasteiger partial charge in [0.05, 0.1) is 45.8 Å². The van der Waals surface area contributed by atoms with E-state index in [4.69, 9.17) is 15.2 Å². The fraction of sp³-hybridized carbons (Fsp3) is 0.333. The molecule has 2 heterocycles. The molecule has 0 saturated heterocycles. The number of nitrogens with one attached hydrogen (secondary N) is 1. The minimum Gasteiger partial charge on any atom is -0.465 e. The molecule has 0 bridgehead atoms. The van der Waals surface area contributed by atoms with Gasteiger partial charge in [0.15, 0.2) is 0 Å². The molecule has 7 nitrogen and oxygen atoms in total. The zero-order valence-electron chi connectivity index (χ0n) is 16.9. The predicted molar refractivity (Wildman–Crippen MR) is 105 cm³/mol. The molecule has 1 aromatic heterocycles. The highest BCUT2D eigenvalue weighted by Crippen LogP contribution is 2.41. The molecule has 0 spiro atoms. The lowest BCUT2D eigenvalue weighted by Crippen LogP contribution is -3.06. The topological polar surface area (TPSA) is 88.0 Å². The molecule has 0 fully saturated rings. The Morgan fingerprint density at radius 1 is 1.34 bits per heavy atom. The number of esters is 1. The molecular weight excluding hydrogens is 377 g/mol. The van der Waals surface area contributed by atoms with Gasteiger partial charge in [-0.3, -0.25) is 4.79 Å². The van der Waals surface area contributed by atoms with E-state index in [1.165, 1.54) is 30.2 Å². The Labute approximate surface area is 168 Å². The number of ether oxygens (including phenoxy) is 2. The Bertz CT molecular complexity index is 1040. The normalized spacial score (nSPS) is 15.9. The molecule has 0 aliphatic carbocycles. The summed E-state index contributed by atoms with van der Waals surface area (Å²) >= 11 is 0. The van der Waals surface area contributed by atoms with E-state index in [0.29, 0.717) is 18.8 Å². The van der Waals surface area contributed by atoms with Gasteiger partial charge in [0.1, 0.15) is 17.1 Å². The molecule has 0 amide bonds. The van der Waals surface area contributed by atoms with Crippen LogP contribution in [-0.4, -0.2) is 38.3 Å². The summed E-state index contributed by atoms with van der Waals surface area (Å²) in [5.41, 5.74) is 6.60. The number of hydrogen-bond donors (Lipinski definition) is 2. The quantitative estimate of drug-likeness (QED) is 0.703. The molecule has 8 heteroatoms. The number of pyridine rings is 1. The second-order valence-electron chi connectivity index (χ2n) is 7.30. The van der Waals surface area contributed by atoms with E-state index in [9.17, 15) is 14.0 Å². The highest BCUT2D eigenvalue weighted by Gasteiger charge is 2.39. The summed E-state index contributed by atoms with van der Waals surface area (Å²) in [6, 6.07) is 7.67. The van der Waals surface area contributed by atoms with E-state index in [1.54, 1.807) is 23.6 Å². The molecule has 1 aromatic carbocycles. The number of benzene rings is 1. The van der Waals surface area contributed by atoms with Gasteiger partial charge in [0.25, 0.3) is 5.56 Å². The van der Waals surface area contributed by atoms with E-state index in [-0.39, 0.29) is 33.9 Å². The fourth-order valence-electron chi connectivity index (χ4n) is 3.53. The number of aryl methyl sites for hydroxylation is 1. The van der Waals surface area contributed by atoms with Crippen LogP contribution < -0.4 is 20.9 Å². The smallest absolute Gasteiger partial charge is 0.340 e. The number of halogens is 1. The zero-order valence-corrected chi connectivity index (χ0v) is 16.9. The molecule has 1 atom stereocenters. The van der Waals surface area contributed by atoms with Gasteiger partial charge < -0.3 is 24.7 Å². The van der Waals surface area contributed by atoms with Crippen molar-refractivity contribution in [1.29, 1.82) is 0 Å². The van der Waals surface area contributed by atoms with Crippen molar-refractivity contribution in [3.63, 3.8) is 0 Å². The average molecular weight is 402 g/mol. The molecular formula is C21H25FN3O4+. The second-order valence-corrected chi connectivity index (χ2v) is 7.30. The molecule has 154 valence electrons. The van der Waals surface area contributed by atoms with Crippen LogP contribution in [-0.2, 0) is 16.1 Å². The first-order valence-electron chi connectivity index (χ1n) is 9.29. The Kier molecular flexibility index (Phi) is 5.74. The molecule has 3 N–H and O–H groups in total. The number of methoxy groups -OCH3 is 1. The van der Waals surface area contributed by atoms with Crippen molar-refractivity contribution in [3.05, 3.63) is 74.8 Å². The molecule has 3 rings (SSSR count). The molecule has 2 aromatic rings. The highest BCUT2D eigenvalue weighted by atomic mass is 19.1. The van der Waals surface area contributed by atoms with Gasteiger partial charge in [-0.15, -0.1) is 0 Å².